The van der Waals surface area contributed by atoms with Crippen LogP contribution in [0.3, 0.4) is 0 Å². The Morgan fingerprint density at radius 2 is 1.86 bits per heavy atom. The molecule has 4 aliphatic heterocycles. The molecular formula is C30H33BrN4O2. The molecule has 0 amide bonds. The highest BCUT2D eigenvalue weighted by molar-refractivity contribution is 9.10. The van der Waals surface area contributed by atoms with E-state index in [2.05, 4.69) is 49.2 Å². The van der Waals surface area contributed by atoms with E-state index in [-0.39, 0.29) is 23.2 Å². The number of rotatable bonds is 2. The van der Waals surface area contributed by atoms with Crippen LogP contribution in [0.2, 0.25) is 0 Å². The average Bonchev–Trinajstić information content (AvgIpc) is 3.61. The summed E-state index contributed by atoms with van der Waals surface area (Å²) in [5.74, 6) is 0.0936. The van der Waals surface area contributed by atoms with Crippen LogP contribution in [0.5, 0.6) is 0 Å². The van der Waals surface area contributed by atoms with Crippen molar-refractivity contribution < 1.29 is 9.53 Å². The molecule has 2 aliphatic carbocycles. The van der Waals surface area contributed by atoms with E-state index in [0.29, 0.717) is 24.8 Å². The van der Waals surface area contributed by atoms with E-state index >= 15 is 0 Å². The van der Waals surface area contributed by atoms with Gasteiger partial charge < -0.3 is 19.9 Å². The van der Waals surface area contributed by atoms with E-state index in [1.54, 1.807) is 0 Å². The van der Waals surface area contributed by atoms with Crippen molar-refractivity contribution >= 4 is 27.4 Å². The van der Waals surface area contributed by atoms with Gasteiger partial charge in [0.15, 0.2) is 5.78 Å². The number of benzene rings is 1. The summed E-state index contributed by atoms with van der Waals surface area (Å²) in [5.41, 5.74) is 5.55. The zero-order valence-electron chi connectivity index (χ0n) is 21.1. The topological polar surface area (TPSA) is 68.6 Å². The minimum Gasteiger partial charge on any atom is -0.381 e. The van der Waals surface area contributed by atoms with Crippen LogP contribution in [-0.2, 0) is 10.2 Å². The van der Waals surface area contributed by atoms with Crippen molar-refractivity contribution in [2.75, 3.05) is 44.3 Å². The van der Waals surface area contributed by atoms with Crippen molar-refractivity contribution in [1.29, 1.82) is 5.26 Å². The maximum absolute atomic E-state index is 14.1. The molecule has 1 spiro atoms. The van der Waals surface area contributed by atoms with Crippen LogP contribution in [0.15, 0.2) is 51.7 Å². The maximum Gasteiger partial charge on any atom is 0.191 e. The number of hydrogen-bond acceptors (Lipinski definition) is 6. The number of halogens is 1. The summed E-state index contributed by atoms with van der Waals surface area (Å²) >= 11 is 3.87. The zero-order chi connectivity index (χ0) is 25.1. The van der Waals surface area contributed by atoms with E-state index in [1.807, 2.05) is 18.2 Å². The second kappa shape index (κ2) is 9.11. The van der Waals surface area contributed by atoms with Crippen LogP contribution >= 0.6 is 15.9 Å². The fourth-order valence-electron chi connectivity index (χ4n) is 7.72. The quantitative estimate of drug-likeness (QED) is 0.569. The van der Waals surface area contributed by atoms with Crippen molar-refractivity contribution in [3.05, 3.63) is 62.8 Å². The number of piperidine rings is 1. The van der Waals surface area contributed by atoms with Gasteiger partial charge in [-0.3, -0.25) is 4.79 Å². The number of Topliss-reactive ketones (excluding diaryl/α,β-unsaturated/α-hetero) is 1. The van der Waals surface area contributed by atoms with Gasteiger partial charge in [-0.2, -0.15) is 5.26 Å². The molecule has 7 heteroatoms. The monoisotopic (exact) mass is 560 g/mol. The van der Waals surface area contributed by atoms with Gasteiger partial charge in [0.25, 0.3) is 0 Å². The molecule has 0 aromatic heterocycles. The van der Waals surface area contributed by atoms with Crippen LogP contribution in [0.4, 0.5) is 5.69 Å². The molecule has 6 nitrogen and oxygen atoms in total. The maximum atomic E-state index is 14.1. The third-order valence-corrected chi connectivity index (χ3v) is 10.3. The van der Waals surface area contributed by atoms with Gasteiger partial charge in [-0.1, -0.05) is 6.08 Å². The molecule has 3 fully saturated rings. The lowest BCUT2D eigenvalue weighted by molar-refractivity contribution is 0.0583. The van der Waals surface area contributed by atoms with Crippen LogP contribution in [0, 0.1) is 17.2 Å². The van der Waals surface area contributed by atoms with E-state index in [9.17, 15) is 10.1 Å². The highest BCUT2D eigenvalue weighted by Gasteiger charge is 2.52. The number of ketones is 1. The molecule has 1 aromatic rings. The Balaban J connectivity index is 1.26. The lowest BCUT2D eigenvalue weighted by Gasteiger charge is -2.44. The van der Waals surface area contributed by atoms with Gasteiger partial charge in [0, 0.05) is 70.6 Å². The average molecular weight is 562 g/mol. The molecule has 2 atom stereocenters. The number of nitrogens with zero attached hydrogens (tertiary/aromatic N) is 3. The van der Waals surface area contributed by atoms with Crippen molar-refractivity contribution in [3.8, 4) is 6.07 Å². The first-order chi connectivity index (χ1) is 18.1. The van der Waals surface area contributed by atoms with E-state index in [4.69, 9.17) is 4.74 Å². The minimum absolute atomic E-state index is 0.0319. The SMILES string of the molecule is N#CC1=CC2NC3=C(C(=O)c4cc(Br)c(N5CCC(N6CCCC6)CC5)cc4C34CCOCC4)C2C=C1. The molecule has 6 aliphatic rings. The summed E-state index contributed by atoms with van der Waals surface area (Å²) in [7, 11) is 0. The summed E-state index contributed by atoms with van der Waals surface area (Å²) in [6.45, 7) is 5.97. The molecule has 1 N–H and O–H groups in total. The molecule has 3 saturated heterocycles. The Kier molecular flexibility index (Phi) is 5.84. The number of fused-ring (bicyclic) bond motifs is 5. The van der Waals surface area contributed by atoms with Crippen molar-refractivity contribution in [2.45, 2.75) is 56.0 Å². The normalized spacial score (nSPS) is 29.0. The summed E-state index contributed by atoms with van der Waals surface area (Å²) in [5, 5.41) is 13.2. The van der Waals surface area contributed by atoms with Crippen LogP contribution in [-0.4, -0.2) is 62.2 Å². The molecule has 4 heterocycles. The smallest absolute Gasteiger partial charge is 0.191 e. The second-order valence-electron chi connectivity index (χ2n) is 11.4. The Hall–Kier alpha value is -2.40. The van der Waals surface area contributed by atoms with Crippen molar-refractivity contribution in [3.63, 3.8) is 0 Å². The Labute approximate surface area is 227 Å². The Bertz CT molecular complexity index is 1270. The number of anilines is 1. The van der Waals surface area contributed by atoms with Gasteiger partial charge in [0.05, 0.1) is 17.8 Å². The minimum atomic E-state index is -0.258. The molecule has 0 bridgehead atoms. The van der Waals surface area contributed by atoms with Gasteiger partial charge in [-0.15, -0.1) is 0 Å². The van der Waals surface area contributed by atoms with Crippen molar-refractivity contribution in [2.24, 2.45) is 5.92 Å². The predicted octanol–water partition coefficient (Wildman–Crippen LogP) is 4.62. The number of allylic oxidation sites excluding steroid dienone is 3. The number of ether oxygens (including phenoxy) is 1. The van der Waals surface area contributed by atoms with Gasteiger partial charge >= 0.3 is 0 Å². The van der Waals surface area contributed by atoms with Crippen LogP contribution in [0.25, 0.3) is 0 Å². The molecule has 0 radical (unpaired) electrons. The first-order valence-electron chi connectivity index (χ1n) is 13.9. The second-order valence-corrected chi connectivity index (χ2v) is 12.3. The first-order valence-corrected chi connectivity index (χ1v) is 14.7. The standard InChI is InChI=1S/C30H33BrN4O2/c31-24-16-22-23(17-26(24)35-11-5-20(6-12-35)34-9-1-2-10-34)30(7-13-37-14-8-30)29-27(28(22)36)21-4-3-19(18-32)15-25(21)33-29/h3-4,15-17,20-21,25,33H,1-2,5-14H2. The summed E-state index contributed by atoms with van der Waals surface area (Å²) in [6, 6.07) is 7.34. The number of likely N-dealkylation sites (tertiary alicyclic amines) is 1. The Morgan fingerprint density at radius 1 is 1.11 bits per heavy atom. The third-order valence-electron chi connectivity index (χ3n) is 9.65. The van der Waals surface area contributed by atoms with Gasteiger partial charge in [-0.05, 0) is 97.4 Å². The number of hydrogen-bond donors (Lipinski definition) is 1. The van der Waals surface area contributed by atoms with Gasteiger partial charge in [-0.25, -0.2) is 0 Å². The lowest BCUT2D eigenvalue weighted by Crippen LogP contribution is -2.45. The molecule has 2 unspecified atom stereocenters. The number of nitriles is 1. The molecule has 1 aromatic carbocycles. The molecular weight excluding hydrogens is 528 g/mol. The number of carbonyl (C=O) groups excluding carboxylic acids is 1. The number of nitrogens with one attached hydrogen (secondary N) is 1. The molecule has 37 heavy (non-hydrogen) atoms. The van der Waals surface area contributed by atoms with E-state index in [0.717, 1.165) is 52.8 Å². The summed E-state index contributed by atoms with van der Waals surface area (Å²) < 4.78 is 6.86. The fraction of sp³-hybridized carbons (Fsp3) is 0.533. The predicted molar refractivity (Wildman–Crippen MR) is 147 cm³/mol. The largest absolute Gasteiger partial charge is 0.381 e. The third kappa shape index (κ3) is 3.67. The van der Waals surface area contributed by atoms with Crippen LogP contribution < -0.4 is 10.2 Å². The number of carbonyl (C=O) groups is 1. The van der Waals surface area contributed by atoms with Crippen LogP contribution in [0.1, 0.15) is 54.4 Å². The highest BCUT2D eigenvalue weighted by Crippen LogP contribution is 2.53. The highest BCUT2D eigenvalue weighted by atomic mass is 79.9. The zero-order valence-corrected chi connectivity index (χ0v) is 22.7. The molecule has 0 saturated carbocycles. The molecule has 7 rings (SSSR count). The fourth-order valence-corrected chi connectivity index (χ4v) is 8.31. The van der Waals surface area contributed by atoms with Crippen molar-refractivity contribution in [1.82, 2.24) is 10.2 Å². The summed E-state index contributed by atoms with van der Waals surface area (Å²) in [6.07, 6.45) is 12.7. The van der Waals surface area contributed by atoms with E-state index in [1.165, 1.54) is 44.5 Å². The summed E-state index contributed by atoms with van der Waals surface area (Å²) in [4.78, 5) is 19.3. The molecule has 192 valence electrons. The van der Waals surface area contributed by atoms with Gasteiger partial charge in [0.1, 0.15) is 0 Å². The Morgan fingerprint density at radius 3 is 2.59 bits per heavy atom. The van der Waals surface area contributed by atoms with E-state index < -0.39 is 0 Å². The first kappa shape index (κ1) is 23.7. The lowest BCUT2D eigenvalue weighted by atomic mass is 9.64. The van der Waals surface area contributed by atoms with Gasteiger partial charge in [0.2, 0.25) is 0 Å².